The van der Waals surface area contributed by atoms with Crippen molar-refractivity contribution in [3.63, 3.8) is 0 Å². The van der Waals surface area contributed by atoms with E-state index in [-0.39, 0.29) is 31.0 Å². The molecule has 0 aromatic carbocycles. The standard InChI is InChI=1S/C12H22N2O2.ClH/c1-9-10(2)14(6-5-13-9)12(15)8-16-7-11-3-4-11;/h9-11,13H,3-8H2,1-2H3;1H. The molecule has 2 fully saturated rings. The minimum atomic E-state index is 0. The fourth-order valence-electron chi connectivity index (χ4n) is 2.09. The van der Waals surface area contributed by atoms with Crippen molar-refractivity contribution in [1.29, 1.82) is 0 Å². The van der Waals surface area contributed by atoms with Gasteiger partial charge in [0.05, 0.1) is 6.61 Å². The average Bonchev–Trinajstić information content (AvgIpc) is 3.06. The van der Waals surface area contributed by atoms with Gasteiger partial charge in [0.1, 0.15) is 6.61 Å². The topological polar surface area (TPSA) is 41.6 Å². The van der Waals surface area contributed by atoms with Crippen molar-refractivity contribution in [3.8, 4) is 0 Å². The number of nitrogens with one attached hydrogen (secondary N) is 1. The minimum absolute atomic E-state index is 0. The maximum absolute atomic E-state index is 11.9. The minimum Gasteiger partial charge on any atom is -0.371 e. The second kappa shape index (κ2) is 6.57. The van der Waals surface area contributed by atoms with Gasteiger partial charge in [0, 0.05) is 25.2 Å². The predicted octanol–water partition coefficient (Wildman–Crippen LogP) is 1.04. The molecule has 1 aliphatic carbocycles. The normalized spacial score (nSPS) is 28.7. The van der Waals surface area contributed by atoms with Crippen LogP contribution in [0.25, 0.3) is 0 Å². The van der Waals surface area contributed by atoms with Crippen molar-refractivity contribution in [2.45, 2.75) is 38.8 Å². The van der Waals surface area contributed by atoms with Gasteiger partial charge in [-0.2, -0.15) is 0 Å². The van der Waals surface area contributed by atoms with E-state index in [1.54, 1.807) is 0 Å². The van der Waals surface area contributed by atoms with Crippen LogP contribution in [-0.2, 0) is 9.53 Å². The number of rotatable bonds is 4. The molecule has 1 saturated carbocycles. The molecule has 1 N–H and O–H groups in total. The summed E-state index contributed by atoms with van der Waals surface area (Å²) in [7, 11) is 0. The first-order chi connectivity index (χ1) is 7.68. The lowest BCUT2D eigenvalue weighted by Crippen LogP contribution is -2.57. The Kier molecular flexibility index (Phi) is 5.70. The number of piperazine rings is 1. The summed E-state index contributed by atoms with van der Waals surface area (Å²) in [5.74, 6) is 0.869. The Labute approximate surface area is 109 Å². The Bertz CT molecular complexity index is 259. The van der Waals surface area contributed by atoms with Gasteiger partial charge in [-0.1, -0.05) is 0 Å². The molecule has 4 nitrogen and oxygen atoms in total. The summed E-state index contributed by atoms with van der Waals surface area (Å²) < 4.78 is 5.44. The number of nitrogens with zero attached hydrogens (tertiary/aromatic N) is 1. The number of carbonyl (C=O) groups excluding carboxylic acids is 1. The van der Waals surface area contributed by atoms with Crippen LogP contribution in [0.5, 0.6) is 0 Å². The Morgan fingerprint density at radius 2 is 2.12 bits per heavy atom. The lowest BCUT2D eigenvalue weighted by molar-refractivity contribution is -0.140. The monoisotopic (exact) mass is 262 g/mol. The van der Waals surface area contributed by atoms with Crippen LogP contribution in [0.15, 0.2) is 0 Å². The molecule has 2 rings (SSSR count). The van der Waals surface area contributed by atoms with E-state index in [1.165, 1.54) is 12.8 Å². The quantitative estimate of drug-likeness (QED) is 0.823. The smallest absolute Gasteiger partial charge is 0.248 e. The zero-order valence-electron chi connectivity index (χ0n) is 10.6. The summed E-state index contributed by atoms with van der Waals surface area (Å²) in [5.41, 5.74) is 0. The van der Waals surface area contributed by atoms with E-state index >= 15 is 0 Å². The van der Waals surface area contributed by atoms with Crippen LogP contribution in [0, 0.1) is 5.92 Å². The van der Waals surface area contributed by atoms with E-state index in [9.17, 15) is 4.79 Å². The van der Waals surface area contributed by atoms with Crippen LogP contribution in [0.3, 0.4) is 0 Å². The van der Waals surface area contributed by atoms with Crippen LogP contribution in [0.1, 0.15) is 26.7 Å². The number of halogens is 1. The van der Waals surface area contributed by atoms with Gasteiger partial charge in [0.25, 0.3) is 0 Å². The Morgan fingerprint density at radius 1 is 1.41 bits per heavy atom. The molecule has 0 spiro atoms. The van der Waals surface area contributed by atoms with Gasteiger partial charge < -0.3 is 15.0 Å². The maximum Gasteiger partial charge on any atom is 0.248 e. The van der Waals surface area contributed by atoms with Gasteiger partial charge in [-0.25, -0.2) is 0 Å². The van der Waals surface area contributed by atoms with Gasteiger partial charge >= 0.3 is 0 Å². The van der Waals surface area contributed by atoms with Crippen molar-refractivity contribution >= 4 is 18.3 Å². The summed E-state index contributed by atoms with van der Waals surface area (Å²) in [5, 5.41) is 3.37. The number of amides is 1. The van der Waals surface area contributed by atoms with E-state index in [1.807, 2.05) is 4.90 Å². The van der Waals surface area contributed by atoms with Crippen LogP contribution < -0.4 is 5.32 Å². The van der Waals surface area contributed by atoms with E-state index in [0.29, 0.717) is 6.04 Å². The molecule has 0 radical (unpaired) electrons. The second-order valence-electron chi connectivity index (χ2n) is 5.03. The first-order valence-corrected chi connectivity index (χ1v) is 6.29. The van der Waals surface area contributed by atoms with E-state index in [0.717, 1.165) is 25.6 Å². The Hall–Kier alpha value is -0.320. The van der Waals surface area contributed by atoms with Crippen LogP contribution in [0.4, 0.5) is 0 Å². The molecule has 1 heterocycles. The lowest BCUT2D eigenvalue weighted by atomic mass is 10.1. The molecular formula is C12H23ClN2O2. The predicted molar refractivity (Wildman–Crippen MR) is 69.4 cm³/mol. The SMILES string of the molecule is CC1NCCN(C(=O)COCC2CC2)C1C.Cl. The highest BCUT2D eigenvalue weighted by molar-refractivity contribution is 5.85. The first-order valence-electron chi connectivity index (χ1n) is 6.29. The highest BCUT2D eigenvalue weighted by Crippen LogP contribution is 2.28. The molecule has 1 aliphatic heterocycles. The summed E-state index contributed by atoms with van der Waals surface area (Å²) >= 11 is 0. The van der Waals surface area contributed by atoms with Crippen molar-refractivity contribution in [1.82, 2.24) is 10.2 Å². The molecule has 1 amide bonds. The van der Waals surface area contributed by atoms with E-state index in [4.69, 9.17) is 4.74 Å². The van der Waals surface area contributed by atoms with Gasteiger partial charge in [0.15, 0.2) is 0 Å². The fourth-order valence-corrected chi connectivity index (χ4v) is 2.09. The van der Waals surface area contributed by atoms with Crippen molar-refractivity contribution < 1.29 is 9.53 Å². The average molecular weight is 263 g/mol. The molecular weight excluding hydrogens is 240 g/mol. The van der Waals surface area contributed by atoms with Gasteiger partial charge in [-0.3, -0.25) is 4.79 Å². The van der Waals surface area contributed by atoms with Gasteiger partial charge in [-0.05, 0) is 32.6 Å². The highest BCUT2D eigenvalue weighted by Gasteiger charge is 2.28. The molecule has 100 valence electrons. The number of hydrogen-bond donors (Lipinski definition) is 1. The molecule has 1 saturated heterocycles. The van der Waals surface area contributed by atoms with Crippen LogP contribution >= 0.6 is 12.4 Å². The van der Waals surface area contributed by atoms with E-state index in [2.05, 4.69) is 19.2 Å². The van der Waals surface area contributed by atoms with Crippen molar-refractivity contribution in [2.75, 3.05) is 26.3 Å². The number of carbonyl (C=O) groups is 1. The third kappa shape index (κ3) is 4.12. The fraction of sp³-hybridized carbons (Fsp3) is 0.917. The molecule has 2 aliphatic rings. The van der Waals surface area contributed by atoms with E-state index < -0.39 is 0 Å². The second-order valence-corrected chi connectivity index (χ2v) is 5.03. The lowest BCUT2D eigenvalue weighted by Gasteiger charge is -2.38. The van der Waals surface area contributed by atoms with Crippen molar-refractivity contribution in [3.05, 3.63) is 0 Å². The molecule has 0 aromatic heterocycles. The molecule has 5 heteroatoms. The number of hydrogen-bond acceptors (Lipinski definition) is 3. The molecule has 0 bridgehead atoms. The summed E-state index contributed by atoms with van der Waals surface area (Å²) in [4.78, 5) is 13.9. The summed E-state index contributed by atoms with van der Waals surface area (Å²) in [6.07, 6.45) is 2.55. The molecule has 0 aromatic rings. The molecule has 2 unspecified atom stereocenters. The zero-order chi connectivity index (χ0) is 11.5. The third-order valence-electron chi connectivity index (χ3n) is 3.63. The number of ether oxygens (including phenoxy) is 1. The zero-order valence-corrected chi connectivity index (χ0v) is 11.5. The van der Waals surface area contributed by atoms with Crippen molar-refractivity contribution in [2.24, 2.45) is 5.92 Å². The van der Waals surface area contributed by atoms with Gasteiger partial charge in [0.2, 0.25) is 5.91 Å². The summed E-state index contributed by atoms with van der Waals surface area (Å²) in [6.45, 7) is 6.93. The van der Waals surface area contributed by atoms with Gasteiger partial charge in [-0.15, -0.1) is 12.4 Å². The Balaban J connectivity index is 0.00000144. The largest absolute Gasteiger partial charge is 0.371 e. The van der Waals surface area contributed by atoms with Crippen LogP contribution in [-0.4, -0.2) is 49.2 Å². The third-order valence-corrected chi connectivity index (χ3v) is 3.63. The molecule has 2 atom stereocenters. The van der Waals surface area contributed by atoms with Crippen LogP contribution in [0.2, 0.25) is 0 Å². The first kappa shape index (κ1) is 14.7. The summed E-state index contributed by atoms with van der Waals surface area (Å²) in [6, 6.07) is 0.645. The highest BCUT2D eigenvalue weighted by atomic mass is 35.5. The molecule has 17 heavy (non-hydrogen) atoms. The Morgan fingerprint density at radius 3 is 2.76 bits per heavy atom. The maximum atomic E-state index is 11.9.